The Morgan fingerprint density at radius 2 is 1.80 bits per heavy atom. The second-order valence-electron chi connectivity index (χ2n) is 3.78. The highest BCUT2D eigenvalue weighted by atomic mass is 32.2. The molecule has 0 saturated carbocycles. The summed E-state index contributed by atoms with van der Waals surface area (Å²) in [4.78, 5) is 0. The van der Waals surface area contributed by atoms with Crippen molar-refractivity contribution in [2.24, 2.45) is 0 Å². The van der Waals surface area contributed by atoms with Gasteiger partial charge < -0.3 is 5.32 Å². The van der Waals surface area contributed by atoms with Gasteiger partial charge >= 0.3 is 0 Å². The molecule has 0 radical (unpaired) electrons. The van der Waals surface area contributed by atoms with Crippen LogP contribution < -0.4 is 5.32 Å². The number of rotatable bonds is 7. The smallest absolute Gasteiger partial charge is 0.0205 e. The molecule has 0 fully saturated rings. The molecule has 0 spiro atoms. The average Bonchev–Trinajstić information content (AvgIpc) is 2.27. The molecule has 1 aromatic carbocycles. The molecule has 84 valence electrons. The molecule has 0 saturated heterocycles. The first-order valence-corrected chi connectivity index (χ1v) is 7.03. The van der Waals surface area contributed by atoms with Gasteiger partial charge in [0.2, 0.25) is 0 Å². The van der Waals surface area contributed by atoms with E-state index in [-0.39, 0.29) is 0 Å². The lowest BCUT2D eigenvalue weighted by molar-refractivity contribution is 0.641. The predicted molar refractivity (Wildman–Crippen MR) is 70.3 cm³/mol. The molecule has 0 atom stereocenters. The Kier molecular flexibility index (Phi) is 6.53. The molecule has 1 rings (SSSR count). The Morgan fingerprint density at radius 1 is 1.13 bits per heavy atom. The molecule has 0 heterocycles. The molecule has 0 aliphatic rings. The van der Waals surface area contributed by atoms with Crippen molar-refractivity contribution in [1.29, 1.82) is 0 Å². The van der Waals surface area contributed by atoms with Crippen molar-refractivity contribution in [2.75, 3.05) is 12.8 Å². The van der Waals surface area contributed by atoms with Crippen molar-refractivity contribution in [3.8, 4) is 0 Å². The fourth-order valence-electron chi connectivity index (χ4n) is 1.45. The first kappa shape index (κ1) is 12.6. The van der Waals surface area contributed by atoms with Gasteiger partial charge in [-0.3, -0.25) is 0 Å². The molecule has 0 unspecified atom stereocenters. The van der Waals surface area contributed by atoms with Crippen LogP contribution in [-0.2, 0) is 12.3 Å². The zero-order valence-electron chi connectivity index (χ0n) is 9.75. The maximum absolute atomic E-state index is 3.45. The minimum atomic E-state index is 1.000. The first-order valence-electron chi connectivity index (χ1n) is 5.64. The van der Waals surface area contributed by atoms with Crippen LogP contribution in [0.25, 0.3) is 0 Å². The highest BCUT2D eigenvalue weighted by Gasteiger charge is 1.94. The van der Waals surface area contributed by atoms with Crippen molar-refractivity contribution in [3.63, 3.8) is 0 Å². The quantitative estimate of drug-likeness (QED) is 0.711. The van der Waals surface area contributed by atoms with E-state index >= 15 is 0 Å². The van der Waals surface area contributed by atoms with E-state index < -0.39 is 0 Å². The third kappa shape index (κ3) is 5.24. The van der Waals surface area contributed by atoms with E-state index in [1.807, 2.05) is 11.8 Å². The third-order valence-electron chi connectivity index (χ3n) is 2.37. The molecule has 1 N–H and O–H groups in total. The molecule has 0 bridgehead atoms. The molecule has 1 aromatic rings. The number of thioether (sulfide) groups is 1. The summed E-state index contributed by atoms with van der Waals surface area (Å²) in [5.74, 6) is 1.11. The van der Waals surface area contributed by atoms with Gasteiger partial charge in [0.1, 0.15) is 0 Å². The van der Waals surface area contributed by atoms with Gasteiger partial charge in [-0.15, -0.1) is 0 Å². The molecule has 0 aliphatic carbocycles. The van der Waals surface area contributed by atoms with Gasteiger partial charge in [0.05, 0.1) is 0 Å². The molecule has 15 heavy (non-hydrogen) atoms. The fourth-order valence-corrected chi connectivity index (χ4v) is 1.98. The van der Waals surface area contributed by atoms with Crippen LogP contribution in [0.15, 0.2) is 24.3 Å². The highest BCUT2D eigenvalue weighted by Crippen LogP contribution is 2.10. The van der Waals surface area contributed by atoms with Gasteiger partial charge in [0.15, 0.2) is 0 Å². The van der Waals surface area contributed by atoms with Crippen LogP contribution in [0.5, 0.6) is 0 Å². The minimum absolute atomic E-state index is 1.000. The van der Waals surface area contributed by atoms with E-state index in [9.17, 15) is 0 Å². The first-order chi connectivity index (χ1) is 7.36. The Morgan fingerprint density at radius 3 is 2.40 bits per heavy atom. The Bertz CT molecular complexity index is 256. The number of hydrogen-bond donors (Lipinski definition) is 1. The number of hydrogen-bond acceptors (Lipinski definition) is 2. The molecule has 0 amide bonds. The van der Waals surface area contributed by atoms with Gasteiger partial charge in [-0.2, -0.15) is 11.8 Å². The summed E-state index contributed by atoms with van der Waals surface area (Å²) in [5.41, 5.74) is 2.80. The fraction of sp³-hybridized carbons (Fsp3) is 0.538. The van der Waals surface area contributed by atoms with E-state index in [4.69, 9.17) is 0 Å². The van der Waals surface area contributed by atoms with Crippen LogP contribution >= 0.6 is 11.8 Å². The van der Waals surface area contributed by atoms with E-state index in [0.29, 0.717) is 0 Å². The zero-order chi connectivity index (χ0) is 10.9. The van der Waals surface area contributed by atoms with Crippen molar-refractivity contribution in [3.05, 3.63) is 35.4 Å². The molecular weight excluding hydrogens is 202 g/mol. The maximum atomic E-state index is 3.45. The van der Waals surface area contributed by atoms with Gasteiger partial charge in [-0.25, -0.2) is 0 Å². The molecule has 2 heteroatoms. The summed E-state index contributed by atoms with van der Waals surface area (Å²) in [6.45, 7) is 4.35. The number of unbranched alkanes of at least 4 members (excludes halogenated alkanes) is 1. The van der Waals surface area contributed by atoms with Gasteiger partial charge in [0, 0.05) is 12.3 Å². The van der Waals surface area contributed by atoms with Crippen molar-refractivity contribution in [2.45, 2.75) is 32.1 Å². The average molecular weight is 223 g/mol. The second-order valence-corrected chi connectivity index (χ2v) is 4.65. The van der Waals surface area contributed by atoms with Crippen LogP contribution in [0.1, 0.15) is 30.9 Å². The maximum Gasteiger partial charge on any atom is 0.0205 e. The summed E-state index contributed by atoms with van der Waals surface area (Å²) >= 11 is 1.87. The zero-order valence-corrected chi connectivity index (χ0v) is 10.6. The summed E-state index contributed by atoms with van der Waals surface area (Å²) < 4.78 is 0. The summed E-state index contributed by atoms with van der Waals surface area (Å²) in [6.07, 6.45) is 4.67. The van der Waals surface area contributed by atoms with Gasteiger partial charge in [0.25, 0.3) is 0 Å². The molecular formula is C13H21NS. The lowest BCUT2D eigenvalue weighted by Gasteiger charge is -2.05. The van der Waals surface area contributed by atoms with Crippen LogP contribution in [0.3, 0.4) is 0 Å². The lowest BCUT2D eigenvalue weighted by Crippen LogP contribution is -2.14. The normalized spacial score (nSPS) is 10.5. The van der Waals surface area contributed by atoms with E-state index in [0.717, 1.165) is 18.8 Å². The largest absolute Gasteiger partial charge is 0.313 e. The summed E-state index contributed by atoms with van der Waals surface area (Å²) in [5, 5.41) is 3.45. The Balaban J connectivity index is 2.29. The van der Waals surface area contributed by atoms with Gasteiger partial charge in [-0.05, 0) is 30.3 Å². The predicted octanol–water partition coefficient (Wildman–Crippen LogP) is 3.44. The van der Waals surface area contributed by atoms with Crippen LogP contribution in [0.2, 0.25) is 0 Å². The van der Waals surface area contributed by atoms with Crippen LogP contribution in [0, 0.1) is 0 Å². The second kappa shape index (κ2) is 7.77. The Hall–Kier alpha value is -0.470. The highest BCUT2D eigenvalue weighted by molar-refractivity contribution is 7.97. The number of benzene rings is 1. The topological polar surface area (TPSA) is 12.0 Å². The summed E-state index contributed by atoms with van der Waals surface area (Å²) in [6, 6.07) is 8.91. The molecule has 1 nitrogen and oxygen atoms in total. The van der Waals surface area contributed by atoms with Crippen LogP contribution in [0.4, 0.5) is 0 Å². The van der Waals surface area contributed by atoms with E-state index in [1.54, 1.807) is 0 Å². The van der Waals surface area contributed by atoms with Crippen molar-refractivity contribution in [1.82, 2.24) is 5.32 Å². The van der Waals surface area contributed by atoms with Crippen molar-refractivity contribution < 1.29 is 0 Å². The minimum Gasteiger partial charge on any atom is -0.313 e. The van der Waals surface area contributed by atoms with E-state index in [1.165, 1.54) is 24.0 Å². The van der Waals surface area contributed by atoms with Crippen LogP contribution in [-0.4, -0.2) is 12.8 Å². The number of nitrogens with one attached hydrogen (secondary N) is 1. The van der Waals surface area contributed by atoms with Gasteiger partial charge in [-0.1, -0.05) is 37.6 Å². The summed E-state index contributed by atoms with van der Waals surface area (Å²) in [7, 11) is 0. The SMILES string of the molecule is CCCCNCc1ccc(CSC)cc1. The van der Waals surface area contributed by atoms with E-state index in [2.05, 4.69) is 42.8 Å². The molecule has 0 aliphatic heterocycles. The monoisotopic (exact) mass is 223 g/mol. The standard InChI is InChI=1S/C13H21NS/c1-3-4-9-14-10-12-5-7-13(8-6-12)11-15-2/h5-8,14H,3-4,9-11H2,1-2H3. The van der Waals surface area contributed by atoms with Crippen molar-refractivity contribution >= 4 is 11.8 Å². The lowest BCUT2D eigenvalue weighted by atomic mass is 10.1. The third-order valence-corrected chi connectivity index (χ3v) is 2.99. The molecule has 0 aromatic heterocycles. The Labute approximate surface area is 97.7 Å².